The van der Waals surface area contributed by atoms with Gasteiger partial charge in [-0.3, -0.25) is 9.59 Å². The van der Waals surface area contributed by atoms with Crippen LogP contribution in [0.2, 0.25) is 5.02 Å². The van der Waals surface area contributed by atoms with E-state index in [9.17, 15) is 18.0 Å². The van der Waals surface area contributed by atoms with Crippen molar-refractivity contribution in [1.29, 1.82) is 0 Å². The molecule has 10 heteroatoms. The van der Waals surface area contributed by atoms with Crippen LogP contribution >= 0.6 is 11.6 Å². The van der Waals surface area contributed by atoms with Crippen LogP contribution in [-0.4, -0.2) is 44.7 Å². The van der Waals surface area contributed by atoms with Crippen LogP contribution in [0.15, 0.2) is 47.4 Å². The monoisotopic (exact) mass is 465 g/mol. The van der Waals surface area contributed by atoms with Crippen molar-refractivity contribution in [2.24, 2.45) is 11.7 Å². The van der Waals surface area contributed by atoms with Crippen molar-refractivity contribution in [3.8, 4) is 5.75 Å². The van der Waals surface area contributed by atoms with Crippen LogP contribution in [0, 0.1) is 5.92 Å². The summed E-state index contributed by atoms with van der Waals surface area (Å²) in [5.41, 5.74) is 6.50. The summed E-state index contributed by atoms with van der Waals surface area (Å²) in [6.45, 7) is 0.412. The molecule has 31 heavy (non-hydrogen) atoms. The number of rotatable bonds is 7. The first-order valence-electron chi connectivity index (χ1n) is 9.72. The van der Waals surface area contributed by atoms with E-state index in [1.54, 1.807) is 24.3 Å². The minimum Gasteiger partial charge on any atom is -0.495 e. The lowest BCUT2D eigenvalue weighted by molar-refractivity contribution is -0.121. The molecule has 3 N–H and O–H groups in total. The van der Waals surface area contributed by atoms with E-state index < -0.39 is 21.8 Å². The molecule has 2 amide bonds. The standard InChI is InChI=1S/C21H24ClN3O5S/c1-30-19-9-8-17(12-18(19)22)31(28,29)25-10-2-3-15(13-25)21(27)24-16-6-4-14(5-7-16)11-20(23)26/h4-9,12,15H,2-3,10-11,13H2,1H3,(H2,23,26)(H,24,27)/t15-/m1/s1. The van der Waals surface area contributed by atoms with Crippen molar-refractivity contribution in [2.75, 3.05) is 25.5 Å². The number of hydrogen-bond acceptors (Lipinski definition) is 5. The van der Waals surface area contributed by atoms with Crippen molar-refractivity contribution in [3.05, 3.63) is 53.1 Å². The Labute approximate surface area is 186 Å². The molecule has 166 valence electrons. The van der Waals surface area contributed by atoms with Crippen LogP contribution in [0.5, 0.6) is 5.75 Å². The Morgan fingerprint density at radius 3 is 2.55 bits per heavy atom. The zero-order valence-corrected chi connectivity index (χ0v) is 18.6. The number of anilines is 1. The lowest BCUT2D eigenvalue weighted by atomic mass is 9.98. The first-order chi connectivity index (χ1) is 14.7. The quantitative estimate of drug-likeness (QED) is 0.650. The number of piperidine rings is 1. The third kappa shape index (κ3) is 5.55. The Hall–Kier alpha value is -2.62. The van der Waals surface area contributed by atoms with Gasteiger partial charge in [-0.15, -0.1) is 0 Å². The number of ether oxygens (including phenoxy) is 1. The molecule has 1 saturated heterocycles. The summed E-state index contributed by atoms with van der Waals surface area (Å²) in [5, 5.41) is 3.02. The number of sulfonamides is 1. The number of hydrogen-bond donors (Lipinski definition) is 2. The van der Waals surface area contributed by atoms with Gasteiger partial charge < -0.3 is 15.8 Å². The van der Waals surface area contributed by atoms with Crippen LogP contribution in [0.4, 0.5) is 5.69 Å². The fourth-order valence-electron chi connectivity index (χ4n) is 3.48. The van der Waals surface area contributed by atoms with E-state index in [4.69, 9.17) is 22.1 Å². The van der Waals surface area contributed by atoms with E-state index in [0.29, 0.717) is 30.8 Å². The Kier molecular flexibility index (Phi) is 7.19. The summed E-state index contributed by atoms with van der Waals surface area (Å²) in [7, 11) is -2.34. The van der Waals surface area contributed by atoms with Crippen molar-refractivity contribution in [1.82, 2.24) is 4.31 Å². The van der Waals surface area contributed by atoms with Gasteiger partial charge in [0.2, 0.25) is 21.8 Å². The molecule has 0 unspecified atom stereocenters. The molecular weight excluding hydrogens is 442 g/mol. The van der Waals surface area contributed by atoms with E-state index in [-0.39, 0.29) is 28.8 Å². The average molecular weight is 466 g/mol. The highest BCUT2D eigenvalue weighted by molar-refractivity contribution is 7.89. The fraction of sp³-hybridized carbons (Fsp3) is 0.333. The third-order valence-corrected chi connectivity index (χ3v) is 7.27. The number of nitrogens with one attached hydrogen (secondary N) is 1. The molecule has 8 nitrogen and oxygen atoms in total. The maximum Gasteiger partial charge on any atom is 0.243 e. The zero-order valence-electron chi connectivity index (χ0n) is 17.0. The maximum atomic E-state index is 13.0. The number of halogens is 1. The van der Waals surface area contributed by atoms with Gasteiger partial charge in [0.25, 0.3) is 0 Å². The predicted molar refractivity (Wildman–Crippen MR) is 117 cm³/mol. The maximum absolute atomic E-state index is 13.0. The Morgan fingerprint density at radius 2 is 1.94 bits per heavy atom. The lowest BCUT2D eigenvalue weighted by Crippen LogP contribution is -2.43. The largest absolute Gasteiger partial charge is 0.495 e. The van der Waals surface area contributed by atoms with Gasteiger partial charge in [0, 0.05) is 18.8 Å². The molecule has 1 fully saturated rings. The Morgan fingerprint density at radius 1 is 1.23 bits per heavy atom. The first kappa shape index (κ1) is 23.1. The van der Waals surface area contributed by atoms with E-state index >= 15 is 0 Å². The summed E-state index contributed by atoms with van der Waals surface area (Å²) in [6.07, 6.45) is 1.28. The number of amides is 2. The van der Waals surface area contributed by atoms with Gasteiger partial charge in [0.15, 0.2) is 0 Å². The van der Waals surface area contributed by atoms with Gasteiger partial charge in [-0.25, -0.2) is 8.42 Å². The van der Waals surface area contributed by atoms with Crippen molar-refractivity contribution >= 4 is 39.1 Å². The molecule has 1 aliphatic heterocycles. The second kappa shape index (κ2) is 9.67. The van der Waals surface area contributed by atoms with Crippen molar-refractivity contribution in [2.45, 2.75) is 24.2 Å². The highest BCUT2D eigenvalue weighted by Crippen LogP contribution is 2.30. The van der Waals surface area contributed by atoms with Gasteiger partial charge in [-0.05, 0) is 48.7 Å². The van der Waals surface area contributed by atoms with E-state index in [2.05, 4.69) is 5.32 Å². The number of nitrogens with two attached hydrogens (primary N) is 1. The molecule has 1 atom stereocenters. The summed E-state index contributed by atoms with van der Waals surface area (Å²) in [4.78, 5) is 23.8. The number of primary amides is 1. The van der Waals surface area contributed by atoms with Crippen LogP contribution in [0.1, 0.15) is 18.4 Å². The molecule has 0 aromatic heterocycles. The minimum absolute atomic E-state index is 0.0596. The molecule has 0 spiro atoms. The summed E-state index contributed by atoms with van der Waals surface area (Å²) in [6, 6.07) is 11.1. The minimum atomic E-state index is -3.80. The molecule has 2 aromatic rings. The Balaban J connectivity index is 1.68. The number of methoxy groups -OCH3 is 1. The topological polar surface area (TPSA) is 119 Å². The highest BCUT2D eigenvalue weighted by Gasteiger charge is 2.33. The number of benzene rings is 2. The number of carbonyl (C=O) groups excluding carboxylic acids is 2. The van der Waals surface area contributed by atoms with Crippen molar-refractivity contribution in [3.63, 3.8) is 0 Å². The lowest BCUT2D eigenvalue weighted by Gasteiger charge is -2.31. The molecule has 0 aliphatic carbocycles. The molecule has 2 aromatic carbocycles. The average Bonchev–Trinajstić information content (AvgIpc) is 2.74. The van der Waals surface area contributed by atoms with Gasteiger partial charge >= 0.3 is 0 Å². The van der Waals surface area contributed by atoms with Crippen LogP contribution < -0.4 is 15.8 Å². The second-order valence-electron chi connectivity index (χ2n) is 7.33. The van der Waals surface area contributed by atoms with E-state index in [0.717, 1.165) is 5.56 Å². The zero-order chi connectivity index (χ0) is 22.6. The Bertz CT molecular complexity index is 1070. The predicted octanol–water partition coefficient (Wildman–Crippen LogP) is 2.42. The normalized spacial score (nSPS) is 17.2. The molecule has 3 rings (SSSR count). The van der Waals surface area contributed by atoms with E-state index in [1.807, 2.05) is 0 Å². The number of nitrogens with zero attached hydrogens (tertiary/aromatic N) is 1. The van der Waals surface area contributed by atoms with E-state index in [1.165, 1.54) is 29.6 Å². The summed E-state index contributed by atoms with van der Waals surface area (Å²) < 4.78 is 32.5. The fourth-order valence-corrected chi connectivity index (χ4v) is 5.36. The summed E-state index contributed by atoms with van der Waals surface area (Å²) in [5.74, 6) is -0.783. The first-order valence-corrected chi connectivity index (χ1v) is 11.5. The summed E-state index contributed by atoms with van der Waals surface area (Å²) >= 11 is 6.09. The van der Waals surface area contributed by atoms with Crippen LogP contribution in [-0.2, 0) is 26.0 Å². The molecule has 1 aliphatic rings. The van der Waals surface area contributed by atoms with Gasteiger partial charge in [-0.1, -0.05) is 23.7 Å². The van der Waals surface area contributed by atoms with Gasteiger partial charge in [0.1, 0.15) is 5.75 Å². The van der Waals surface area contributed by atoms with Gasteiger partial charge in [0.05, 0.1) is 29.4 Å². The smallest absolute Gasteiger partial charge is 0.243 e. The number of carbonyl (C=O) groups is 2. The molecule has 0 radical (unpaired) electrons. The molecule has 0 bridgehead atoms. The second-order valence-corrected chi connectivity index (χ2v) is 9.67. The highest BCUT2D eigenvalue weighted by atomic mass is 35.5. The van der Waals surface area contributed by atoms with Crippen molar-refractivity contribution < 1.29 is 22.7 Å². The third-order valence-electron chi connectivity index (χ3n) is 5.12. The van der Waals surface area contributed by atoms with Crippen LogP contribution in [0.25, 0.3) is 0 Å². The molecular formula is C21H24ClN3O5S. The molecule has 1 heterocycles. The van der Waals surface area contributed by atoms with Crippen LogP contribution in [0.3, 0.4) is 0 Å². The molecule has 0 saturated carbocycles. The van der Waals surface area contributed by atoms with Gasteiger partial charge in [-0.2, -0.15) is 4.31 Å². The SMILES string of the molecule is COc1ccc(S(=O)(=O)N2CCC[C@@H](C(=O)Nc3ccc(CC(N)=O)cc3)C2)cc1Cl.